The fraction of sp³-hybridized carbons (Fsp3) is 1.00. The van der Waals surface area contributed by atoms with E-state index in [1.165, 1.54) is 4.90 Å². The Morgan fingerprint density at radius 3 is 1.89 bits per heavy atom. The first-order valence-electron chi connectivity index (χ1n) is 6.34. The molecule has 0 aliphatic rings. The first-order valence-corrected chi connectivity index (χ1v) is 6.34. The number of hydrogen-bond donors (Lipinski definition) is 0. The van der Waals surface area contributed by atoms with Crippen molar-refractivity contribution in [3.8, 4) is 0 Å². The molecule has 0 amide bonds. The summed E-state index contributed by atoms with van der Waals surface area (Å²) in [6.45, 7) is 7.57. The molecule has 18 heavy (non-hydrogen) atoms. The molecular weight excluding hydrogens is 247 g/mol. The molecule has 0 aliphatic carbocycles. The third-order valence-corrected chi connectivity index (χ3v) is 2.47. The van der Waals surface area contributed by atoms with Gasteiger partial charge in [-0.2, -0.15) is 13.2 Å². The second-order valence-electron chi connectivity index (χ2n) is 4.31. The SMILES string of the molecule is CCOC(CCN(CC(F)(F)F)C(C)C)OCC. The van der Waals surface area contributed by atoms with E-state index in [1.54, 1.807) is 13.8 Å². The normalized spacial score (nSPS) is 13.0. The number of halogens is 3. The lowest BCUT2D eigenvalue weighted by molar-refractivity contribution is -0.162. The van der Waals surface area contributed by atoms with Crippen LogP contribution in [0.2, 0.25) is 0 Å². The molecule has 0 rings (SSSR count). The van der Waals surface area contributed by atoms with Gasteiger partial charge in [-0.3, -0.25) is 4.90 Å². The van der Waals surface area contributed by atoms with Gasteiger partial charge in [0.25, 0.3) is 0 Å². The highest BCUT2D eigenvalue weighted by atomic mass is 19.4. The average Bonchev–Trinajstić information content (AvgIpc) is 2.22. The van der Waals surface area contributed by atoms with Crippen LogP contribution in [0.15, 0.2) is 0 Å². The van der Waals surface area contributed by atoms with E-state index in [0.717, 1.165) is 0 Å². The van der Waals surface area contributed by atoms with Gasteiger partial charge >= 0.3 is 6.18 Å². The third kappa shape index (κ3) is 8.72. The number of hydrogen-bond acceptors (Lipinski definition) is 3. The first kappa shape index (κ1) is 17.7. The van der Waals surface area contributed by atoms with Gasteiger partial charge in [-0.25, -0.2) is 0 Å². The zero-order chi connectivity index (χ0) is 14.2. The van der Waals surface area contributed by atoms with E-state index >= 15 is 0 Å². The Balaban J connectivity index is 4.23. The van der Waals surface area contributed by atoms with E-state index in [2.05, 4.69) is 0 Å². The second kappa shape index (κ2) is 8.72. The van der Waals surface area contributed by atoms with E-state index in [-0.39, 0.29) is 6.04 Å². The maximum atomic E-state index is 12.4. The van der Waals surface area contributed by atoms with Crippen molar-refractivity contribution >= 4 is 0 Å². The minimum atomic E-state index is -4.17. The molecule has 0 heterocycles. The van der Waals surface area contributed by atoms with Crippen molar-refractivity contribution in [1.82, 2.24) is 4.90 Å². The van der Waals surface area contributed by atoms with Crippen LogP contribution in [0.1, 0.15) is 34.1 Å². The zero-order valence-electron chi connectivity index (χ0n) is 11.6. The van der Waals surface area contributed by atoms with Gasteiger partial charge in [0, 0.05) is 32.2 Å². The van der Waals surface area contributed by atoms with Crippen LogP contribution in [0.4, 0.5) is 13.2 Å². The summed E-state index contributed by atoms with van der Waals surface area (Å²) in [4.78, 5) is 1.38. The molecule has 0 aromatic rings. The summed E-state index contributed by atoms with van der Waals surface area (Å²) in [7, 11) is 0. The van der Waals surface area contributed by atoms with Crippen LogP contribution in [-0.4, -0.2) is 49.7 Å². The molecule has 0 N–H and O–H groups in total. The molecule has 0 radical (unpaired) electrons. The molecule has 0 aliphatic heterocycles. The number of alkyl halides is 3. The molecule has 0 bridgehead atoms. The van der Waals surface area contributed by atoms with E-state index in [9.17, 15) is 13.2 Å². The van der Waals surface area contributed by atoms with Crippen LogP contribution in [0.5, 0.6) is 0 Å². The minimum Gasteiger partial charge on any atom is -0.353 e. The summed E-state index contributed by atoms with van der Waals surface area (Å²) >= 11 is 0. The minimum absolute atomic E-state index is 0.157. The van der Waals surface area contributed by atoms with Crippen molar-refractivity contribution in [3.05, 3.63) is 0 Å². The highest BCUT2D eigenvalue weighted by Crippen LogP contribution is 2.18. The summed E-state index contributed by atoms with van der Waals surface area (Å²) < 4.78 is 47.8. The smallest absolute Gasteiger partial charge is 0.353 e. The highest BCUT2D eigenvalue weighted by molar-refractivity contribution is 4.68. The first-order chi connectivity index (χ1) is 8.30. The summed E-state index contributed by atoms with van der Waals surface area (Å²) in [5, 5.41) is 0. The Hall–Kier alpha value is -0.330. The molecule has 3 nitrogen and oxygen atoms in total. The van der Waals surface area contributed by atoms with Crippen LogP contribution >= 0.6 is 0 Å². The molecule has 0 unspecified atom stereocenters. The highest BCUT2D eigenvalue weighted by Gasteiger charge is 2.31. The zero-order valence-corrected chi connectivity index (χ0v) is 11.6. The van der Waals surface area contributed by atoms with Gasteiger partial charge in [0.05, 0.1) is 6.54 Å². The monoisotopic (exact) mass is 271 g/mol. The fourth-order valence-electron chi connectivity index (χ4n) is 1.61. The van der Waals surface area contributed by atoms with Crippen molar-refractivity contribution < 1.29 is 22.6 Å². The lowest BCUT2D eigenvalue weighted by atomic mass is 10.2. The maximum absolute atomic E-state index is 12.4. The number of nitrogens with zero attached hydrogens (tertiary/aromatic N) is 1. The van der Waals surface area contributed by atoms with E-state index in [0.29, 0.717) is 26.2 Å². The number of ether oxygens (including phenoxy) is 2. The molecule has 0 atom stereocenters. The average molecular weight is 271 g/mol. The van der Waals surface area contributed by atoms with Crippen LogP contribution in [0.25, 0.3) is 0 Å². The molecule has 0 aromatic heterocycles. The lowest BCUT2D eigenvalue weighted by Gasteiger charge is -2.29. The molecule has 0 fully saturated rings. The number of rotatable bonds is 9. The fourth-order valence-corrected chi connectivity index (χ4v) is 1.61. The molecular formula is C12H24F3NO2. The Morgan fingerprint density at radius 2 is 1.56 bits per heavy atom. The predicted octanol–water partition coefficient (Wildman–Crippen LogP) is 3.05. The van der Waals surface area contributed by atoms with Gasteiger partial charge in [0.1, 0.15) is 0 Å². The van der Waals surface area contributed by atoms with E-state index in [1.807, 2.05) is 13.8 Å². The summed E-state index contributed by atoms with van der Waals surface area (Å²) in [5.74, 6) is 0. The van der Waals surface area contributed by atoms with E-state index in [4.69, 9.17) is 9.47 Å². The van der Waals surface area contributed by atoms with E-state index < -0.39 is 19.0 Å². The standard InChI is InChI=1S/C12H24F3NO2/c1-5-17-11(18-6-2)7-8-16(10(3)4)9-12(13,14)15/h10-11H,5-9H2,1-4H3. The molecule has 0 spiro atoms. The van der Waals surface area contributed by atoms with Gasteiger partial charge in [0.2, 0.25) is 0 Å². The van der Waals surface area contributed by atoms with Crippen molar-refractivity contribution in [2.24, 2.45) is 0 Å². The van der Waals surface area contributed by atoms with Gasteiger partial charge in [-0.1, -0.05) is 0 Å². The molecule has 0 saturated heterocycles. The Bertz CT molecular complexity index is 204. The topological polar surface area (TPSA) is 21.7 Å². The quantitative estimate of drug-likeness (QED) is 0.602. The van der Waals surface area contributed by atoms with Crippen molar-refractivity contribution in [2.75, 3.05) is 26.3 Å². The van der Waals surface area contributed by atoms with Gasteiger partial charge in [-0.15, -0.1) is 0 Å². The summed E-state index contributed by atoms with van der Waals surface area (Å²) in [6, 6.07) is -0.157. The van der Waals surface area contributed by atoms with Crippen LogP contribution in [0, 0.1) is 0 Å². The van der Waals surface area contributed by atoms with Gasteiger partial charge in [-0.05, 0) is 27.7 Å². The predicted molar refractivity (Wildman–Crippen MR) is 64.4 cm³/mol. The summed E-state index contributed by atoms with van der Waals surface area (Å²) in [6.07, 6.45) is -4.15. The molecule has 110 valence electrons. The molecule has 6 heteroatoms. The third-order valence-electron chi connectivity index (χ3n) is 2.47. The summed E-state index contributed by atoms with van der Waals surface area (Å²) in [5.41, 5.74) is 0. The second-order valence-corrected chi connectivity index (χ2v) is 4.31. The Kier molecular flexibility index (Phi) is 8.56. The maximum Gasteiger partial charge on any atom is 0.401 e. The molecule has 0 aromatic carbocycles. The van der Waals surface area contributed by atoms with Gasteiger partial charge < -0.3 is 9.47 Å². The van der Waals surface area contributed by atoms with Gasteiger partial charge in [0.15, 0.2) is 6.29 Å². The lowest BCUT2D eigenvalue weighted by Crippen LogP contribution is -2.41. The van der Waals surface area contributed by atoms with Crippen molar-refractivity contribution in [3.63, 3.8) is 0 Å². The largest absolute Gasteiger partial charge is 0.401 e. The van der Waals surface area contributed by atoms with Crippen LogP contribution in [0.3, 0.4) is 0 Å². The van der Waals surface area contributed by atoms with Crippen LogP contribution in [-0.2, 0) is 9.47 Å². The molecule has 0 saturated carbocycles. The van der Waals surface area contributed by atoms with Crippen molar-refractivity contribution in [2.45, 2.75) is 52.6 Å². The van der Waals surface area contributed by atoms with Crippen LogP contribution < -0.4 is 0 Å². The Labute approximate surface area is 107 Å². The Morgan fingerprint density at radius 1 is 1.06 bits per heavy atom. The van der Waals surface area contributed by atoms with Crippen molar-refractivity contribution in [1.29, 1.82) is 0 Å².